The van der Waals surface area contributed by atoms with Crippen molar-refractivity contribution >= 4 is 21.6 Å². The van der Waals surface area contributed by atoms with Crippen LogP contribution in [0, 0.1) is 0 Å². The minimum atomic E-state index is -3.70. The Bertz CT molecular complexity index is 1070. The van der Waals surface area contributed by atoms with E-state index >= 15 is 0 Å². The highest BCUT2D eigenvalue weighted by Crippen LogP contribution is 2.19. The highest BCUT2D eigenvalue weighted by atomic mass is 32.2. The number of nitrogens with one attached hydrogen (secondary N) is 2. The fraction of sp³-hybridized carbons (Fsp3) is 0.136. The van der Waals surface area contributed by atoms with Crippen molar-refractivity contribution in [1.82, 2.24) is 5.32 Å². The maximum absolute atomic E-state index is 12.4. The number of carbonyl (C=O) groups excluding carboxylic acids is 1. The number of amides is 1. The number of methoxy groups -OCH3 is 1. The minimum absolute atomic E-state index is 0.0997. The van der Waals surface area contributed by atoms with Gasteiger partial charge in [-0.05, 0) is 54.1 Å². The Hall–Kier alpha value is -3.52. The molecule has 1 amide bonds. The molecule has 0 bridgehead atoms. The monoisotopic (exact) mass is 426 g/mol. The summed E-state index contributed by atoms with van der Waals surface area (Å²) >= 11 is 0. The van der Waals surface area contributed by atoms with E-state index in [9.17, 15) is 13.2 Å². The Morgan fingerprint density at radius 1 is 0.867 bits per heavy atom. The predicted octanol–water partition coefficient (Wildman–Crippen LogP) is 3.19. The lowest BCUT2D eigenvalue weighted by Crippen LogP contribution is -2.28. The fourth-order valence-electron chi connectivity index (χ4n) is 2.58. The molecule has 8 heteroatoms. The maximum Gasteiger partial charge on any atom is 0.261 e. The van der Waals surface area contributed by atoms with Crippen LogP contribution in [0.5, 0.6) is 11.5 Å². The first kappa shape index (κ1) is 21.2. The van der Waals surface area contributed by atoms with Gasteiger partial charge in [-0.2, -0.15) is 0 Å². The van der Waals surface area contributed by atoms with Gasteiger partial charge in [-0.15, -0.1) is 0 Å². The molecule has 0 unspecified atom stereocenters. The van der Waals surface area contributed by atoms with Crippen molar-refractivity contribution in [2.75, 3.05) is 18.4 Å². The number of carbonyl (C=O) groups is 1. The molecule has 0 aliphatic carbocycles. The number of hydrogen-bond donors (Lipinski definition) is 2. The Morgan fingerprint density at radius 3 is 2.13 bits per heavy atom. The molecule has 7 nitrogen and oxygen atoms in total. The molecule has 0 aliphatic heterocycles. The molecule has 0 saturated heterocycles. The van der Waals surface area contributed by atoms with E-state index in [2.05, 4.69) is 10.0 Å². The highest BCUT2D eigenvalue weighted by Gasteiger charge is 2.14. The van der Waals surface area contributed by atoms with Gasteiger partial charge in [0.2, 0.25) is 0 Å². The Morgan fingerprint density at radius 2 is 1.50 bits per heavy atom. The lowest BCUT2D eigenvalue weighted by atomic mass is 10.2. The summed E-state index contributed by atoms with van der Waals surface area (Å²) in [5, 5.41) is 2.76. The Balaban J connectivity index is 1.49. The summed E-state index contributed by atoms with van der Waals surface area (Å²) in [5.41, 5.74) is 1.41. The lowest BCUT2D eigenvalue weighted by Gasteiger charge is -2.10. The van der Waals surface area contributed by atoms with E-state index < -0.39 is 10.0 Å². The quantitative estimate of drug-likeness (QED) is 0.548. The standard InChI is InChI=1S/C22H22N2O5S/c1-28-19-9-7-17(8-10-19)15-23-22(25)16-29-20-11-13-21(14-12-20)30(26,27)24-18-5-3-2-4-6-18/h2-14,24H,15-16H2,1H3,(H,23,25). The molecule has 0 fully saturated rings. The fourth-order valence-corrected chi connectivity index (χ4v) is 3.64. The van der Waals surface area contributed by atoms with Crippen molar-refractivity contribution in [3.63, 3.8) is 0 Å². The van der Waals surface area contributed by atoms with Crippen LogP contribution in [0.15, 0.2) is 83.8 Å². The molecule has 0 aliphatic rings. The van der Waals surface area contributed by atoms with E-state index in [4.69, 9.17) is 9.47 Å². The second kappa shape index (κ2) is 9.80. The molecule has 3 aromatic rings. The summed E-state index contributed by atoms with van der Waals surface area (Å²) in [5.74, 6) is 0.861. The van der Waals surface area contributed by atoms with Crippen molar-refractivity contribution < 1.29 is 22.7 Å². The van der Waals surface area contributed by atoms with Gasteiger partial charge in [0, 0.05) is 12.2 Å². The summed E-state index contributed by atoms with van der Waals surface area (Å²) in [6.07, 6.45) is 0. The van der Waals surface area contributed by atoms with Crippen molar-refractivity contribution in [2.45, 2.75) is 11.4 Å². The molecule has 3 rings (SSSR count). The molecule has 30 heavy (non-hydrogen) atoms. The zero-order chi connectivity index (χ0) is 21.4. The van der Waals surface area contributed by atoms with Crippen LogP contribution < -0.4 is 19.5 Å². The number of hydrogen-bond acceptors (Lipinski definition) is 5. The highest BCUT2D eigenvalue weighted by molar-refractivity contribution is 7.92. The number of anilines is 1. The molecule has 0 atom stereocenters. The summed E-state index contributed by atoms with van der Waals surface area (Å²) in [4.78, 5) is 12.1. The van der Waals surface area contributed by atoms with Gasteiger partial charge in [0.05, 0.1) is 12.0 Å². The Labute approximate surface area is 175 Å². The third-order valence-corrected chi connectivity index (χ3v) is 5.58. The van der Waals surface area contributed by atoms with Gasteiger partial charge < -0.3 is 14.8 Å². The molecule has 0 aromatic heterocycles. The summed E-state index contributed by atoms with van der Waals surface area (Å²) in [7, 11) is -2.11. The van der Waals surface area contributed by atoms with E-state index in [0.717, 1.165) is 11.3 Å². The van der Waals surface area contributed by atoms with E-state index in [1.165, 1.54) is 24.3 Å². The van der Waals surface area contributed by atoms with Crippen molar-refractivity contribution in [3.8, 4) is 11.5 Å². The smallest absolute Gasteiger partial charge is 0.261 e. The van der Waals surface area contributed by atoms with Gasteiger partial charge in [-0.25, -0.2) is 8.42 Å². The number of ether oxygens (including phenoxy) is 2. The van der Waals surface area contributed by atoms with Gasteiger partial charge in [0.25, 0.3) is 15.9 Å². The first-order valence-corrected chi connectivity index (χ1v) is 10.6. The third-order valence-electron chi connectivity index (χ3n) is 4.18. The number of para-hydroxylation sites is 1. The SMILES string of the molecule is COc1ccc(CNC(=O)COc2ccc(S(=O)(=O)Nc3ccccc3)cc2)cc1. The zero-order valence-corrected chi connectivity index (χ0v) is 17.2. The van der Waals surface area contributed by atoms with E-state index in [1.807, 2.05) is 24.3 Å². The van der Waals surface area contributed by atoms with Gasteiger partial charge in [-0.1, -0.05) is 30.3 Å². The summed E-state index contributed by atoms with van der Waals surface area (Å²) in [6.45, 7) is 0.193. The van der Waals surface area contributed by atoms with Crippen LogP contribution in [0.2, 0.25) is 0 Å². The van der Waals surface area contributed by atoms with Crippen LogP contribution in [0.4, 0.5) is 5.69 Å². The second-order valence-corrected chi connectivity index (χ2v) is 8.04. The molecule has 156 valence electrons. The zero-order valence-electron chi connectivity index (χ0n) is 16.4. The molecule has 0 saturated carbocycles. The topological polar surface area (TPSA) is 93.7 Å². The summed E-state index contributed by atoms with van der Waals surface area (Å²) < 4.78 is 37.9. The van der Waals surface area contributed by atoms with Gasteiger partial charge in [0.15, 0.2) is 6.61 Å². The van der Waals surface area contributed by atoms with Crippen LogP contribution in [-0.2, 0) is 21.4 Å². The molecule has 2 N–H and O–H groups in total. The molecule has 0 spiro atoms. The molecule has 0 radical (unpaired) electrons. The Kier molecular flexibility index (Phi) is 6.92. The first-order chi connectivity index (χ1) is 14.5. The maximum atomic E-state index is 12.4. The van der Waals surface area contributed by atoms with Crippen molar-refractivity contribution in [1.29, 1.82) is 0 Å². The van der Waals surface area contributed by atoms with Gasteiger partial charge >= 0.3 is 0 Å². The van der Waals surface area contributed by atoms with Crippen molar-refractivity contribution in [3.05, 3.63) is 84.4 Å². The average molecular weight is 426 g/mol. The number of rotatable bonds is 9. The van der Waals surface area contributed by atoms with E-state index in [0.29, 0.717) is 18.0 Å². The van der Waals surface area contributed by atoms with Crippen LogP contribution in [-0.4, -0.2) is 28.0 Å². The molecule has 0 heterocycles. The van der Waals surface area contributed by atoms with E-state index in [1.54, 1.807) is 37.4 Å². The van der Waals surface area contributed by atoms with Crippen LogP contribution in [0.25, 0.3) is 0 Å². The summed E-state index contributed by atoms with van der Waals surface area (Å²) in [6, 6.07) is 21.9. The van der Waals surface area contributed by atoms with E-state index in [-0.39, 0.29) is 17.4 Å². The first-order valence-electron chi connectivity index (χ1n) is 9.16. The average Bonchev–Trinajstić information content (AvgIpc) is 2.77. The third kappa shape index (κ3) is 5.99. The molecular formula is C22H22N2O5S. The largest absolute Gasteiger partial charge is 0.497 e. The normalized spacial score (nSPS) is 10.8. The molecule has 3 aromatic carbocycles. The van der Waals surface area contributed by atoms with Crippen LogP contribution in [0.3, 0.4) is 0 Å². The lowest BCUT2D eigenvalue weighted by molar-refractivity contribution is -0.123. The van der Waals surface area contributed by atoms with Crippen molar-refractivity contribution in [2.24, 2.45) is 0 Å². The minimum Gasteiger partial charge on any atom is -0.497 e. The number of benzene rings is 3. The molecular weight excluding hydrogens is 404 g/mol. The van der Waals surface area contributed by atoms with Crippen LogP contribution in [0.1, 0.15) is 5.56 Å². The second-order valence-electron chi connectivity index (χ2n) is 6.36. The van der Waals surface area contributed by atoms with Gasteiger partial charge in [0.1, 0.15) is 11.5 Å². The predicted molar refractivity (Wildman–Crippen MR) is 114 cm³/mol. The van der Waals surface area contributed by atoms with Gasteiger partial charge in [-0.3, -0.25) is 9.52 Å². The van der Waals surface area contributed by atoms with Crippen LogP contribution >= 0.6 is 0 Å². The number of sulfonamides is 1.